The number of hydrogen-bond donors (Lipinski definition) is 0. The molecule has 0 bridgehead atoms. The van der Waals surface area contributed by atoms with E-state index in [2.05, 4.69) is 0 Å². The van der Waals surface area contributed by atoms with Gasteiger partial charge >= 0.3 is 6.18 Å². The number of rotatable bonds is 0. The predicted molar refractivity (Wildman–Crippen MR) is 49.1 cm³/mol. The van der Waals surface area contributed by atoms with Crippen molar-refractivity contribution in [3.63, 3.8) is 0 Å². The van der Waals surface area contributed by atoms with Crippen molar-refractivity contribution >= 4 is 17.4 Å². The number of halogens is 4. The smallest absolute Gasteiger partial charge is 0.294 e. The average molecular weight is 235 g/mol. The molecule has 0 fully saturated rings. The van der Waals surface area contributed by atoms with Crippen LogP contribution in [-0.2, 0) is 12.6 Å². The Balaban J connectivity index is 2.59. The summed E-state index contributed by atoms with van der Waals surface area (Å²) in [4.78, 5) is 11.2. The van der Waals surface area contributed by atoms with Crippen LogP contribution in [0.25, 0.3) is 0 Å². The Hall–Kier alpha value is -1.03. The first kappa shape index (κ1) is 10.5. The number of alkyl halides is 3. The Bertz CT molecular complexity index is 437. The molecule has 0 amide bonds. The van der Waals surface area contributed by atoms with Gasteiger partial charge in [-0.15, -0.1) is 0 Å². The molecular weight excluding hydrogens is 229 g/mol. The summed E-state index contributed by atoms with van der Waals surface area (Å²) in [7, 11) is 0. The van der Waals surface area contributed by atoms with Gasteiger partial charge in [0.15, 0.2) is 5.78 Å². The Morgan fingerprint density at radius 2 is 1.87 bits per heavy atom. The monoisotopic (exact) mass is 234 g/mol. The Morgan fingerprint density at radius 3 is 2.47 bits per heavy atom. The van der Waals surface area contributed by atoms with Crippen LogP contribution in [0.1, 0.15) is 27.9 Å². The van der Waals surface area contributed by atoms with Crippen molar-refractivity contribution in [2.75, 3.05) is 0 Å². The molecule has 0 radical (unpaired) electrons. The highest BCUT2D eigenvalue weighted by Crippen LogP contribution is 2.38. The van der Waals surface area contributed by atoms with E-state index in [-0.39, 0.29) is 12.2 Å². The molecule has 80 valence electrons. The molecule has 0 aliphatic heterocycles. The lowest BCUT2D eigenvalue weighted by Gasteiger charge is -2.10. The third-order valence-corrected chi connectivity index (χ3v) is 2.73. The number of benzene rings is 1. The zero-order valence-corrected chi connectivity index (χ0v) is 8.24. The number of aryl methyl sites for hydroxylation is 1. The summed E-state index contributed by atoms with van der Waals surface area (Å²) >= 11 is 5.49. The zero-order valence-electron chi connectivity index (χ0n) is 7.49. The lowest BCUT2D eigenvalue weighted by molar-refractivity contribution is -0.137. The summed E-state index contributed by atoms with van der Waals surface area (Å²) in [6.45, 7) is 0. The van der Waals surface area contributed by atoms with Crippen molar-refractivity contribution in [1.82, 2.24) is 0 Å². The fraction of sp³-hybridized carbons (Fsp3) is 0.300. The third-order valence-electron chi connectivity index (χ3n) is 2.42. The Kier molecular flexibility index (Phi) is 2.26. The lowest BCUT2D eigenvalue weighted by Crippen LogP contribution is -2.07. The predicted octanol–water partition coefficient (Wildman–Crippen LogP) is 3.49. The number of carbonyl (C=O) groups is 1. The van der Waals surface area contributed by atoms with E-state index in [1.807, 2.05) is 0 Å². The molecule has 0 heterocycles. The van der Waals surface area contributed by atoms with E-state index in [0.29, 0.717) is 17.5 Å². The van der Waals surface area contributed by atoms with E-state index < -0.39 is 16.8 Å². The highest BCUT2D eigenvalue weighted by Gasteiger charge is 2.35. The van der Waals surface area contributed by atoms with Crippen LogP contribution in [0.4, 0.5) is 13.2 Å². The van der Waals surface area contributed by atoms with Crippen LogP contribution in [0.3, 0.4) is 0 Å². The molecule has 0 atom stereocenters. The van der Waals surface area contributed by atoms with Crippen molar-refractivity contribution < 1.29 is 18.0 Å². The van der Waals surface area contributed by atoms with Crippen LogP contribution in [0.5, 0.6) is 0 Å². The maximum absolute atomic E-state index is 12.4. The fourth-order valence-electron chi connectivity index (χ4n) is 1.68. The number of fused-ring (bicyclic) bond motifs is 1. The second-order valence-corrected chi connectivity index (χ2v) is 3.82. The molecule has 0 unspecified atom stereocenters. The van der Waals surface area contributed by atoms with Crippen molar-refractivity contribution in [3.05, 3.63) is 33.8 Å². The molecule has 0 spiro atoms. The first-order valence-corrected chi connectivity index (χ1v) is 4.70. The number of hydrogen-bond acceptors (Lipinski definition) is 1. The minimum Gasteiger partial charge on any atom is -0.294 e. The molecule has 2 rings (SSSR count). The van der Waals surface area contributed by atoms with Crippen LogP contribution in [-0.4, -0.2) is 5.78 Å². The van der Waals surface area contributed by atoms with Gasteiger partial charge in [0.1, 0.15) is 0 Å². The Morgan fingerprint density at radius 1 is 1.20 bits per heavy atom. The van der Waals surface area contributed by atoms with E-state index in [1.165, 1.54) is 0 Å². The van der Waals surface area contributed by atoms with Gasteiger partial charge in [-0.1, -0.05) is 11.6 Å². The molecule has 1 aromatic rings. The topological polar surface area (TPSA) is 17.1 Å². The Labute approximate surface area is 88.8 Å². The molecule has 5 heteroatoms. The van der Waals surface area contributed by atoms with Gasteiger partial charge in [-0.3, -0.25) is 4.79 Å². The number of carbonyl (C=O) groups excluding carboxylic acids is 1. The van der Waals surface area contributed by atoms with Crippen LogP contribution in [0, 0.1) is 0 Å². The molecule has 0 aromatic heterocycles. The summed E-state index contributed by atoms with van der Waals surface area (Å²) in [5.74, 6) is -0.138. The molecule has 15 heavy (non-hydrogen) atoms. The standard InChI is InChI=1S/C10H6ClF3O/c11-8-4-6-5(1-2-9(6)15)3-7(8)10(12,13)14/h3-4H,1-2H2. The van der Waals surface area contributed by atoms with Crippen molar-refractivity contribution in [3.8, 4) is 0 Å². The maximum Gasteiger partial charge on any atom is 0.417 e. The van der Waals surface area contributed by atoms with E-state index in [1.54, 1.807) is 0 Å². The molecule has 0 saturated carbocycles. The van der Waals surface area contributed by atoms with Gasteiger partial charge < -0.3 is 0 Å². The van der Waals surface area contributed by atoms with Crippen LogP contribution in [0.15, 0.2) is 12.1 Å². The summed E-state index contributed by atoms with van der Waals surface area (Å²) in [6.07, 6.45) is -3.82. The van der Waals surface area contributed by atoms with Crippen LogP contribution < -0.4 is 0 Å². The van der Waals surface area contributed by atoms with Crippen LogP contribution in [0.2, 0.25) is 5.02 Å². The third kappa shape index (κ3) is 1.74. The highest BCUT2D eigenvalue weighted by molar-refractivity contribution is 6.32. The molecular formula is C10H6ClF3O. The number of Topliss-reactive ketones (excluding diaryl/α,β-unsaturated/α-hetero) is 1. The van der Waals surface area contributed by atoms with E-state index in [0.717, 1.165) is 12.1 Å². The van der Waals surface area contributed by atoms with Gasteiger partial charge in [0, 0.05) is 12.0 Å². The average Bonchev–Trinajstić information content (AvgIpc) is 2.45. The second-order valence-electron chi connectivity index (χ2n) is 3.41. The molecule has 0 saturated heterocycles. The highest BCUT2D eigenvalue weighted by atomic mass is 35.5. The quantitative estimate of drug-likeness (QED) is 0.672. The summed E-state index contributed by atoms with van der Waals surface area (Å²) in [5.41, 5.74) is -0.0951. The van der Waals surface area contributed by atoms with E-state index in [9.17, 15) is 18.0 Å². The summed E-state index contributed by atoms with van der Waals surface area (Å²) in [6, 6.07) is 2.09. The minimum atomic E-state index is -4.46. The molecule has 1 aliphatic rings. The second kappa shape index (κ2) is 3.23. The van der Waals surface area contributed by atoms with Gasteiger partial charge in [0.05, 0.1) is 10.6 Å². The first-order valence-electron chi connectivity index (χ1n) is 4.32. The van der Waals surface area contributed by atoms with Crippen LogP contribution >= 0.6 is 11.6 Å². The van der Waals surface area contributed by atoms with Gasteiger partial charge in [0.25, 0.3) is 0 Å². The number of ketones is 1. The molecule has 0 N–H and O–H groups in total. The zero-order chi connectivity index (χ0) is 11.2. The fourth-order valence-corrected chi connectivity index (χ4v) is 1.96. The maximum atomic E-state index is 12.4. The van der Waals surface area contributed by atoms with E-state index in [4.69, 9.17) is 11.6 Å². The summed E-state index contributed by atoms with van der Waals surface area (Å²) in [5, 5.41) is -0.406. The molecule has 1 aromatic carbocycles. The van der Waals surface area contributed by atoms with Gasteiger partial charge in [-0.25, -0.2) is 0 Å². The van der Waals surface area contributed by atoms with Crippen molar-refractivity contribution in [2.45, 2.75) is 19.0 Å². The molecule has 1 nitrogen and oxygen atoms in total. The van der Waals surface area contributed by atoms with Crippen molar-refractivity contribution in [2.24, 2.45) is 0 Å². The van der Waals surface area contributed by atoms with Gasteiger partial charge in [0.2, 0.25) is 0 Å². The summed E-state index contributed by atoms with van der Waals surface area (Å²) < 4.78 is 37.3. The first-order chi connectivity index (χ1) is 6.89. The van der Waals surface area contributed by atoms with E-state index >= 15 is 0 Å². The van der Waals surface area contributed by atoms with Gasteiger partial charge in [-0.2, -0.15) is 13.2 Å². The largest absolute Gasteiger partial charge is 0.417 e. The minimum absolute atomic E-state index is 0.138. The van der Waals surface area contributed by atoms with Gasteiger partial charge in [-0.05, 0) is 24.1 Å². The lowest BCUT2D eigenvalue weighted by atomic mass is 10.1. The SMILES string of the molecule is O=C1CCc2cc(C(F)(F)F)c(Cl)cc21. The molecule has 1 aliphatic carbocycles. The normalized spacial score (nSPS) is 15.6. The van der Waals surface area contributed by atoms with Crippen molar-refractivity contribution in [1.29, 1.82) is 0 Å².